The van der Waals surface area contributed by atoms with Crippen molar-refractivity contribution in [3.8, 4) is 0 Å². The number of piperidine rings is 1. The zero-order valence-electron chi connectivity index (χ0n) is 13.0. The van der Waals surface area contributed by atoms with Gasteiger partial charge in [-0.15, -0.1) is 0 Å². The number of carbonyl (C=O) groups excluding carboxylic acids is 4. The Kier molecular flexibility index (Phi) is 12.3. The maximum absolute atomic E-state index is 11.0. The first kappa shape index (κ1) is 22.3. The van der Waals surface area contributed by atoms with E-state index in [-0.39, 0.29) is 50.6 Å². The summed E-state index contributed by atoms with van der Waals surface area (Å²) in [4.78, 5) is 43.7. The molecule has 1 heterocycles. The minimum atomic E-state index is -0.0774. The third kappa shape index (κ3) is 8.10. The van der Waals surface area contributed by atoms with Crippen LogP contribution in [-0.4, -0.2) is 43.0 Å². The zero-order chi connectivity index (χ0) is 15.7. The molecular weight excluding hydrogens is 444 g/mol. The van der Waals surface area contributed by atoms with E-state index in [4.69, 9.17) is 0 Å². The van der Waals surface area contributed by atoms with Crippen LogP contribution in [0.2, 0.25) is 0 Å². The number of hydrogen-bond acceptors (Lipinski definition) is 4. The van der Waals surface area contributed by atoms with Gasteiger partial charge in [0, 0.05) is 53.4 Å². The van der Waals surface area contributed by atoms with Crippen molar-refractivity contribution < 1.29 is 40.2 Å². The van der Waals surface area contributed by atoms with Crippen molar-refractivity contribution in [1.29, 1.82) is 0 Å². The topological polar surface area (TPSA) is 83.6 Å². The summed E-state index contributed by atoms with van der Waals surface area (Å²) >= 11 is 0. The molecule has 0 saturated carbocycles. The SMILES string of the molecule is CC1CCC(=O)N(C)C1=O.CNC(=O)C(C)CC[C-]=O.[W]. The van der Waals surface area contributed by atoms with Crippen LogP contribution in [-0.2, 0) is 40.2 Å². The number of carbonyl (C=O) groups is 3. The first-order valence-electron chi connectivity index (χ1n) is 6.72. The molecule has 7 heteroatoms. The van der Waals surface area contributed by atoms with Crippen molar-refractivity contribution in [2.24, 2.45) is 11.8 Å². The summed E-state index contributed by atoms with van der Waals surface area (Å²) in [5, 5.41) is 2.50. The van der Waals surface area contributed by atoms with Gasteiger partial charge in [0.15, 0.2) is 0 Å². The van der Waals surface area contributed by atoms with E-state index >= 15 is 0 Å². The normalized spacial score (nSPS) is 18.9. The summed E-state index contributed by atoms with van der Waals surface area (Å²) in [6.07, 6.45) is 3.90. The summed E-state index contributed by atoms with van der Waals surface area (Å²) in [7, 11) is 3.13. The van der Waals surface area contributed by atoms with E-state index in [9.17, 15) is 19.2 Å². The van der Waals surface area contributed by atoms with Gasteiger partial charge in [-0.05, 0) is 6.42 Å². The molecule has 6 nitrogen and oxygen atoms in total. The Morgan fingerprint density at radius 1 is 1.48 bits per heavy atom. The molecular formula is C14H23N2O4W-. The van der Waals surface area contributed by atoms with Crippen LogP contribution in [0.1, 0.15) is 39.5 Å². The Bertz CT molecular complexity index is 372. The molecule has 0 aromatic heterocycles. The van der Waals surface area contributed by atoms with Gasteiger partial charge in [-0.2, -0.15) is 6.42 Å². The number of nitrogens with zero attached hydrogens (tertiary/aromatic N) is 1. The summed E-state index contributed by atoms with van der Waals surface area (Å²) < 4.78 is 0. The fourth-order valence-electron chi connectivity index (χ4n) is 1.74. The van der Waals surface area contributed by atoms with Crippen LogP contribution >= 0.6 is 0 Å². The molecule has 1 N–H and O–H groups in total. The van der Waals surface area contributed by atoms with Gasteiger partial charge in [0.05, 0.1) is 0 Å². The van der Waals surface area contributed by atoms with Crippen molar-refractivity contribution in [3.63, 3.8) is 0 Å². The van der Waals surface area contributed by atoms with E-state index in [1.165, 1.54) is 4.90 Å². The average Bonchev–Trinajstić information content (AvgIpc) is 2.46. The summed E-state index contributed by atoms with van der Waals surface area (Å²) in [5.41, 5.74) is 0. The van der Waals surface area contributed by atoms with Crippen molar-refractivity contribution in [2.45, 2.75) is 39.5 Å². The van der Waals surface area contributed by atoms with Gasteiger partial charge in [-0.3, -0.25) is 25.6 Å². The number of likely N-dealkylation sites (tertiary alicyclic amines) is 1. The van der Waals surface area contributed by atoms with Crippen LogP contribution in [0.3, 0.4) is 0 Å². The van der Waals surface area contributed by atoms with Gasteiger partial charge < -0.3 is 10.1 Å². The summed E-state index contributed by atoms with van der Waals surface area (Å²) in [5.74, 6) is -0.163. The molecule has 0 aromatic carbocycles. The van der Waals surface area contributed by atoms with Crippen LogP contribution < -0.4 is 5.32 Å². The van der Waals surface area contributed by atoms with Crippen LogP contribution in [0.15, 0.2) is 0 Å². The fraction of sp³-hybridized carbons (Fsp3) is 0.714. The van der Waals surface area contributed by atoms with E-state index in [0.717, 1.165) is 0 Å². The second-order valence-electron chi connectivity index (χ2n) is 4.93. The van der Waals surface area contributed by atoms with Gasteiger partial charge >= 0.3 is 0 Å². The maximum Gasteiger partial charge on any atom is 0.231 e. The molecule has 0 spiro atoms. The molecule has 0 bridgehead atoms. The summed E-state index contributed by atoms with van der Waals surface area (Å²) in [6.45, 7) is 3.64. The molecule has 1 saturated heterocycles. The Labute approximate surface area is 140 Å². The largest absolute Gasteiger partial charge is 0.542 e. The predicted octanol–water partition coefficient (Wildman–Crippen LogP) is 0.657. The molecule has 0 aromatic rings. The van der Waals surface area contributed by atoms with Gasteiger partial charge in [0.2, 0.25) is 17.7 Å². The Balaban J connectivity index is 0. The standard InChI is InChI=1S/C7H11NO2.C7H12NO2.W/c1-5-3-4-6(9)8(2)7(5)10;1-6(4-3-5-9)7(10)8-2;/h5H,3-4H2,1-2H3;6H,3-4H2,1-2H3,(H,8,10);/q;-1;. The molecule has 3 amide bonds. The Hall–Kier alpha value is -1.03. The van der Waals surface area contributed by atoms with Gasteiger partial charge in [0.1, 0.15) is 0 Å². The molecule has 120 valence electrons. The second kappa shape index (κ2) is 11.6. The van der Waals surface area contributed by atoms with Gasteiger partial charge in [0.25, 0.3) is 0 Å². The quantitative estimate of drug-likeness (QED) is 0.487. The first-order chi connectivity index (χ1) is 9.34. The molecule has 0 aliphatic carbocycles. The molecule has 1 rings (SSSR count). The molecule has 2 unspecified atom stereocenters. The van der Waals surface area contributed by atoms with Crippen molar-refractivity contribution >= 4 is 24.0 Å². The minimum absolute atomic E-state index is 0. The fourth-order valence-corrected chi connectivity index (χ4v) is 1.74. The molecule has 1 fully saturated rings. The van der Waals surface area contributed by atoms with Crippen LogP contribution in [0, 0.1) is 11.8 Å². The third-order valence-electron chi connectivity index (χ3n) is 3.29. The van der Waals surface area contributed by atoms with Gasteiger partial charge in [-0.25, -0.2) is 0 Å². The molecule has 0 radical (unpaired) electrons. The van der Waals surface area contributed by atoms with Crippen LogP contribution in [0.25, 0.3) is 0 Å². The molecule has 1 aliphatic rings. The van der Waals surface area contributed by atoms with E-state index in [1.807, 2.05) is 6.92 Å². The number of hydrogen-bond donors (Lipinski definition) is 1. The Morgan fingerprint density at radius 2 is 2.05 bits per heavy atom. The number of rotatable bonds is 4. The molecule has 1 aliphatic heterocycles. The van der Waals surface area contributed by atoms with Crippen molar-refractivity contribution in [1.82, 2.24) is 10.2 Å². The first-order valence-corrected chi connectivity index (χ1v) is 6.72. The van der Waals surface area contributed by atoms with E-state index in [1.54, 1.807) is 27.3 Å². The number of amides is 3. The van der Waals surface area contributed by atoms with E-state index in [0.29, 0.717) is 25.7 Å². The Morgan fingerprint density at radius 3 is 2.48 bits per heavy atom. The average molecular weight is 467 g/mol. The minimum Gasteiger partial charge on any atom is -0.542 e. The van der Waals surface area contributed by atoms with Crippen molar-refractivity contribution in [2.75, 3.05) is 14.1 Å². The predicted molar refractivity (Wildman–Crippen MR) is 74.3 cm³/mol. The molecule has 21 heavy (non-hydrogen) atoms. The van der Waals surface area contributed by atoms with Gasteiger partial charge in [-0.1, -0.05) is 20.3 Å². The smallest absolute Gasteiger partial charge is 0.231 e. The zero-order valence-corrected chi connectivity index (χ0v) is 15.9. The second-order valence-corrected chi connectivity index (χ2v) is 4.93. The van der Waals surface area contributed by atoms with Crippen LogP contribution in [0.5, 0.6) is 0 Å². The summed E-state index contributed by atoms with van der Waals surface area (Å²) in [6, 6.07) is 0. The molecule has 2 atom stereocenters. The van der Waals surface area contributed by atoms with E-state index < -0.39 is 0 Å². The third-order valence-corrected chi connectivity index (χ3v) is 3.29. The van der Waals surface area contributed by atoms with Crippen molar-refractivity contribution in [3.05, 3.63) is 0 Å². The van der Waals surface area contributed by atoms with E-state index in [2.05, 4.69) is 5.32 Å². The number of imide groups is 1. The number of nitrogens with one attached hydrogen (secondary N) is 1. The maximum atomic E-state index is 11.0. The monoisotopic (exact) mass is 467 g/mol. The van der Waals surface area contributed by atoms with Crippen LogP contribution in [0.4, 0.5) is 0 Å².